The highest BCUT2D eigenvalue weighted by Gasteiger charge is 2.29. The molecule has 3 N–H and O–H groups in total. The van der Waals surface area contributed by atoms with Gasteiger partial charge in [-0.3, -0.25) is 0 Å². The summed E-state index contributed by atoms with van der Waals surface area (Å²) >= 11 is 0. The Kier molecular flexibility index (Phi) is 7.60. The molecule has 28 heavy (non-hydrogen) atoms. The van der Waals surface area contributed by atoms with Crippen LogP contribution < -0.4 is 10.6 Å². The molecule has 1 aliphatic rings. The molecule has 7 nitrogen and oxygen atoms in total. The topological polar surface area (TPSA) is 93.0 Å². The number of hydrogen-bond acceptors (Lipinski definition) is 6. The Morgan fingerprint density at radius 3 is 2.61 bits per heavy atom. The maximum Gasteiger partial charge on any atom is 0.156 e. The van der Waals surface area contributed by atoms with Crippen molar-refractivity contribution in [3.63, 3.8) is 0 Å². The number of nitrogens with one attached hydrogen (secondary N) is 1. The van der Waals surface area contributed by atoms with Crippen molar-refractivity contribution in [2.75, 3.05) is 19.1 Å². The van der Waals surface area contributed by atoms with Crippen molar-refractivity contribution in [1.82, 2.24) is 19.9 Å². The van der Waals surface area contributed by atoms with E-state index in [1.54, 1.807) is 7.11 Å². The van der Waals surface area contributed by atoms with Gasteiger partial charge in [-0.1, -0.05) is 12.1 Å². The number of halogens is 2. The largest absolute Gasteiger partial charge is 0.377 e. The normalized spacial score (nSPS) is 18.1. The van der Waals surface area contributed by atoms with Gasteiger partial charge in [0.2, 0.25) is 0 Å². The lowest BCUT2D eigenvalue weighted by atomic mass is 9.78. The molecule has 152 valence electrons. The summed E-state index contributed by atoms with van der Waals surface area (Å²) in [6.45, 7) is 1.04. The van der Waals surface area contributed by atoms with Gasteiger partial charge in [0, 0.05) is 37.9 Å². The fourth-order valence-electron chi connectivity index (χ4n) is 3.39. The number of methoxy groups -OCH3 is 1. The van der Waals surface area contributed by atoms with Crippen molar-refractivity contribution in [2.45, 2.75) is 38.0 Å². The third-order valence-electron chi connectivity index (χ3n) is 4.86. The first-order valence-electron chi connectivity index (χ1n) is 8.89. The Hall–Kier alpha value is -1.93. The lowest BCUT2D eigenvalue weighted by Crippen LogP contribution is -2.35. The fourth-order valence-corrected chi connectivity index (χ4v) is 3.39. The number of ether oxygens (including phenoxy) is 1. The number of imidazole rings is 1. The van der Waals surface area contributed by atoms with Gasteiger partial charge in [0.1, 0.15) is 18.2 Å². The van der Waals surface area contributed by atoms with Crippen LogP contribution in [0.25, 0.3) is 11.0 Å². The number of aromatic nitrogens is 4. The van der Waals surface area contributed by atoms with Crippen LogP contribution in [0.5, 0.6) is 0 Å². The summed E-state index contributed by atoms with van der Waals surface area (Å²) in [4.78, 5) is 19.4. The lowest BCUT2D eigenvalue weighted by molar-refractivity contribution is 0.177. The predicted octanol–water partition coefficient (Wildman–Crippen LogP) is 3.18. The second-order valence-electron chi connectivity index (χ2n) is 6.99. The summed E-state index contributed by atoms with van der Waals surface area (Å²) in [5, 5.41) is 0. The summed E-state index contributed by atoms with van der Waals surface area (Å²) in [5.74, 6) is 2.91. The number of nitrogens with two attached hydrogens (primary N) is 1. The Bertz CT molecular complexity index is 879. The van der Waals surface area contributed by atoms with E-state index in [9.17, 15) is 0 Å². The molecule has 4 rings (SSSR count). The van der Waals surface area contributed by atoms with E-state index in [4.69, 9.17) is 10.5 Å². The van der Waals surface area contributed by atoms with Gasteiger partial charge in [-0.15, -0.1) is 24.8 Å². The molecule has 3 aromatic rings. The quantitative estimate of drug-likeness (QED) is 0.630. The van der Waals surface area contributed by atoms with Gasteiger partial charge < -0.3 is 20.4 Å². The molecule has 0 aliphatic heterocycles. The molecule has 0 amide bonds. The molecule has 2 aromatic heterocycles. The number of hydrogen-bond donors (Lipinski definition) is 2. The highest BCUT2D eigenvalue weighted by molar-refractivity contribution is 5.85. The number of H-pyrrole nitrogens is 1. The minimum Gasteiger partial charge on any atom is -0.377 e. The number of benzene rings is 1. The number of rotatable bonds is 6. The number of aromatic amines is 1. The van der Waals surface area contributed by atoms with Crippen LogP contribution in [0.2, 0.25) is 0 Å². The molecule has 1 aliphatic carbocycles. The maximum absolute atomic E-state index is 5.95. The second-order valence-corrected chi connectivity index (χ2v) is 6.99. The molecule has 9 heteroatoms. The highest BCUT2D eigenvalue weighted by atomic mass is 35.5. The zero-order chi connectivity index (χ0) is 18.1. The number of nitrogens with zero attached hydrogens (tertiary/aromatic N) is 4. The van der Waals surface area contributed by atoms with E-state index in [2.05, 4.69) is 30.9 Å². The summed E-state index contributed by atoms with van der Waals surface area (Å²) in [6, 6.07) is 10.4. The van der Waals surface area contributed by atoms with E-state index in [1.807, 2.05) is 31.3 Å². The van der Waals surface area contributed by atoms with Crippen LogP contribution >= 0.6 is 24.8 Å². The molecule has 0 bridgehead atoms. The lowest BCUT2D eigenvalue weighted by Gasteiger charge is -2.32. The van der Waals surface area contributed by atoms with E-state index in [0.717, 1.165) is 41.2 Å². The van der Waals surface area contributed by atoms with Gasteiger partial charge in [-0.25, -0.2) is 15.0 Å². The van der Waals surface area contributed by atoms with Crippen LogP contribution in [-0.2, 0) is 17.9 Å². The van der Waals surface area contributed by atoms with Gasteiger partial charge in [0.05, 0.1) is 17.6 Å². The number of anilines is 1. The van der Waals surface area contributed by atoms with Crippen LogP contribution in [0, 0.1) is 0 Å². The Labute approximate surface area is 176 Å². The van der Waals surface area contributed by atoms with Crippen molar-refractivity contribution in [2.24, 2.45) is 5.73 Å². The van der Waals surface area contributed by atoms with Crippen molar-refractivity contribution in [3.8, 4) is 0 Å². The van der Waals surface area contributed by atoms with Crippen LogP contribution in [0.3, 0.4) is 0 Å². The van der Waals surface area contributed by atoms with Crippen LogP contribution in [-0.4, -0.2) is 40.1 Å². The zero-order valence-electron chi connectivity index (χ0n) is 16.0. The molecule has 0 unspecified atom stereocenters. The average Bonchev–Trinajstić information content (AvgIpc) is 3.01. The summed E-state index contributed by atoms with van der Waals surface area (Å²) in [5.41, 5.74) is 9.02. The van der Waals surface area contributed by atoms with E-state index in [0.29, 0.717) is 24.9 Å². The molecule has 0 spiro atoms. The molecular weight excluding hydrogens is 399 g/mol. The maximum atomic E-state index is 5.95. The molecule has 1 fully saturated rings. The molecule has 2 heterocycles. The van der Waals surface area contributed by atoms with Gasteiger partial charge in [0.25, 0.3) is 0 Å². The van der Waals surface area contributed by atoms with Crippen molar-refractivity contribution >= 4 is 41.7 Å². The Morgan fingerprint density at radius 2 is 1.93 bits per heavy atom. The molecule has 1 aromatic carbocycles. The Balaban J connectivity index is 0.00000140. The fraction of sp³-hybridized carbons (Fsp3) is 0.421. The van der Waals surface area contributed by atoms with Gasteiger partial charge in [-0.05, 0) is 25.0 Å². The molecular formula is C19H26Cl2N6O. The summed E-state index contributed by atoms with van der Waals surface area (Å²) in [6.07, 6.45) is 1.96. The predicted molar refractivity (Wildman–Crippen MR) is 115 cm³/mol. The minimum atomic E-state index is 0. The van der Waals surface area contributed by atoms with Gasteiger partial charge >= 0.3 is 0 Å². The highest BCUT2D eigenvalue weighted by Crippen LogP contribution is 2.35. The minimum absolute atomic E-state index is 0. The number of fused-ring (bicyclic) bond motifs is 1. The third kappa shape index (κ3) is 4.72. The van der Waals surface area contributed by atoms with Gasteiger partial charge in [-0.2, -0.15) is 0 Å². The first kappa shape index (κ1) is 22.4. The first-order chi connectivity index (χ1) is 12.6. The molecule has 0 radical (unpaired) electrons. The van der Waals surface area contributed by atoms with Crippen molar-refractivity contribution in [3.05, 3.63) is 47.7 Å². The van der Waals surface area contributed by atoms with Crippen LogP contribution in [0.4, 0.5) is 5.82 Å². The first-order valence-corrected chi connectivity index (χ1v) is 8.89. The molecule has 0 atom stereocenters. The summed E-state index contributed by atoms with van der Waals surface area (Å²) in [7, 11) is 3.68. The van der Waals surface area contributed by atoms with E-state index < -0.39 is 0 Å². The van der Waals surface area contributed by atoms with Crippen LogP contribution in [0.15, 0.2) is 30.3 Å². The van der Waals surface area contributed by atoms with Crippen molar-refractivity contribution < 1.29 is 4.74 Å². The van der Waals surface area contributed by atoms with Crippen LogP contribution in [0.1, 0.15) is 36.1 Å². The Morgan fingerprint density at radius 1 is 1.18 bits per heavy atom. The standard InChI is InChI=1S/C19H24N6O.2ClH/c1-25(10-17-21-14-5-3-4-6-15(14)22-17)19-9-16(12-7-13(20)8-12)23-18(24-19)11-26-2;;/h3-6,9,12-13H,7-8,10-11,20H2,1-2H3,(H,21,22);2*1H. The second kappa shape index (κ2) is 9.52. The van der Waals surface area contributed by atoms with E-state index >= 15 is 0 Å². The SMILES string of the molecule is COCc1nc(C2CC(N)C2)cc(N(C)Cc2nc3ccccc3[nH]2)n1.Cl.Cl. The average molecular weight is 425 g/mol. The zero-order valence-corrected chi connectivity index (χ0v) is 17.6. The van der Waals surface area contributed by atoms with Gasteiger partial charge in [0.15, 0.2) is 5.82 Å². The smallest absolute Gasteiger partial charge is 0.156 e. The monoisotopic (exact) mass is 424 g/mol. The van der Waals surface area contributed by atoms with E-state index in [1.165, 1.54) is 0 Å². The third-order valence-corrected chi connectivity index (χ3v) is 4.86. The molecule has 0 saturated heterocycles. The van der Waals surface area contributed by atoms with E-state index in [-0.39, 0.29) is 30.9 Å². The number of para-hydroxylation sites is 2. The molecule has 1 saturated carbocycles. The van der Waals surface area contributed by atoms with Crippen molar-refractivity contribution in [1.29, 1.82) is 0 Å². The summed E-state index contributed by atoms with van der Waals surface area (Å²) < 4.78 is 5.24.